The van der Waals surface area contributed by atoms with Crippen molar-refractivity contribution < 1.29 is 19.1 Å². The van der Waals surface area contributed by atoms with Crippen LogP contribution in [0.2, 0.25) is 0 Å². The molecule has 0 fully saturated rings. The van der Waals surface area contributed by atoms with Crippen LogP contribution in [-0.4, -0.2) is 17.0 Å². The molecule has 1 amide bonds. The van der Waals surface area contributed by atoms with Gasteiger partial charge in [0, 0.05) is 8.95 Å². The van der Waals surface area contributed by atoms with E-state index in [2.05, 4.69) is 37.2 Å². The van der Waals surface area contributed by atoms with Crippen LogP contribution in [0.3, 0.4) is 0 Å². The second-order valence-corrected chi connectivity index (χ2v) is 5.82. The van der Waals surface area contributed by atoms with E-state index in [1.807, 2.05) is 0 Å². The smallest absolute Gasteiger partial charge is 0.340 e. The lowest BCUT2D eigenvalue weighted by atomic mass is 10.1. The Labute approximate surface area is 136 Å². The van der Waals surface area contributed by atoms with Crippen molar-refractivity contribution >= 4 is 49.4 Å². The fourth-order valence-electron chi connectivity index (χ4n) is 1.71. The minimum atomic E-state index is -1.45. The number of carboxylic acid groups (broad SMARTS) is 1. The fraction of sp³-hybridized carbons (Fsp3) is 0. The highest BCUT2D eigenvalue weighted by Crippen LogP contribution is 2.24. The molecule has 0 unspecified atom stereocenters. The average Bonchev–Trinajstić information content (AvgIpc) is 2.41. The minimum Gasteiger partial charge on any atom is -0.478 e. The summed E-state index contributed by atoms with van der Waals surface area (Å²) in [4.78, 5) is 23.3. The molecule has 0 heterocycles. The van der Waals surface area contributed by atoms with Gasteiger partial charge in [0.1, 0.15) is 11.4 Å². The van der Waals surface area contributed by atoms with Crippen molar-refractivity contribution in [1.82, 2.24) is 0 Å². The lowest BCUT2D eigenvalue weighted by Gasteiger charge is -2.10. The highest BCUT2D eigenvalue weighted by molar-refractivity contribution is 9.11. The zero-order chi connectivity index (χ0) is 15.6. The molecule has 0 saturated carbocycles. The van der Waals surface area contributed by atoms with E-state index >= 15 is 0 Å². The van der Waals surface area contributed by atoms with Crippen LogP contribution in [0, 0.1) is 5.82 Å². The van der Waals surface area contributed by atoms with Gasteiger partial charge in [0.15, 0.2) is 0 Å². The molecule has 7 heteroatoms. The number of carbonyl (C=O) groups is 2. The number of hydrogen-bond acceptors (Lipinski definition) is 2. The van der Waals surface area contributed by atoms with E-state index in [1.54, 1.807) is 18.2 Å². The molecule has 2 rings (SSSR count). The van der Waals surface area contributed by atoms with Crippen LogP contribution in [-0.2, 0) is 0 Å². The summed E-state index contributed by atoms with van der Waals surface area (Å²) in [6.45, 7) is 0. The van der Waals surface area contributed by atoms with Gasteiger partial charge in [-0.3, -0.25) is 4.79 Å². The number of anilines is 1. The summed E-state index contributed by atoms with van der Waals surface area (Å²) in [7, 11) is 0. The van der Waals surface area contributed by atoms with E-state index in [0.29, 0.717) is 14.5 Å². The monoisotopic (exact) mass is 415 g/mol. The van der Waals surface area contributed by atoms with Crippen LogP contribution in [0.5, 0.6) is 0 Å². The number of nitrogens with one attached hydrogen (secondary N) is 1. The number of carboxylic acids is 1. The normalized spacial score (nSPS) is 10.2. The molecule has 2 aromatic carbocycles. The summed E-state index contributed by atoms with van der Waals surface area (Å²) in [5, 5.41) is 11.4. The van der Waals surface area contributed by atoms with Crippen molar-refractivity contribution in [3.8, 4) is 0 Å². The van der Waals surface area contributed by atoms with Crippen molar-refractivity contribution in [1.29, 1.82) is 0 Å². The van der Waals surface area contributed by atoms with Crippen molar-refractivity contribution in [2.45, 2.75) is 0 Å². The highest BCUT2D eigenvalue weighted by atomic mass is 79.9. The Morgan fingerprint density at radius 3 is 2.52 bits per heavy atom. The second kappa shape index (κ2) is 6.36. The second-order valence-electron chi connectivity index (χ2n) is 4.05. The Morgan fingerprint density at radius 1 is 1.14 bits per heavy atom. The molecule has 0 atom stereocenters. The van der Waals surface area contributed by atoms with Gasteiger partial charge in [0.2, 0.25) is 0 Å². The maximum atomic E-state index is 13.5. The Morgan fingerprint density at radius 2 is 1.86 bits per heavy atom. The first-order valence-electron chi connectivity index (χ1n) is 5.68. The third kappa shape index (κ3) is 3.48. The first kappa shape index (κ1) is 15.7. The van der Waals surface area contributed by atoms with Crippen molar-refractivity contribution in [2.75, 3.05) is 5.32 Å². The Balaban J connectivity index is 2.39. The van der Waals surface area contributed by atoms with E-state index in [-0.39, 0.29) is 5.69 Å². The maximum Gasteiger partial charge on any atom is 0.340 e. The van der Waals surface area contributed by atoms with Crippen molar-refractivity contribution in [2.24, 2.45) is 0 Å². The quantitative estimate of drug-likeness (QED) is 0.783. The Kier molecular flexibility index (Phi) is 4.74. The fourth-order valence-corrected chi connectivity index (χ4v) is 2.49. The molecule has 2 aromatic rings. The van der Waals surface area contributed by atoms with Gasteiger partial charge < -0.3 is 10.4 Å². The van der Waals surface area contributed by atoms with Gasteiger partial charge in [-0.25, -0.2) is 9.18 Å². The summed E-state index contributed by atoms with van der Waals surface area (Å²) < 4.78 is 14.8. The lowest BCUT2D eigenvalue weighted by molar-refractivity contribution is 0.0693. The van der Waals surface area contributed by atoms with Gasteiger partial charge in [-0.15, -0.1) is 0 Å². The Bertz CT molecular complexity index is 734. The molecular weight excluding hydrogens is 409 g/mol. The molecule has 0 saturated heterocycles. The van der Waals surface area contributed by atoms with E-state index in [1.165, 1.54) is 12.1 Å². The van der Waals surface area contributed by atoms with Gasteiger partial charge in [-0.05, 0) is 46.3 Å². The molecule has 0 aliphatic heterocycles. The highest BCUT2D eigenvalue weighted by Gasteiger charge is 2.19. The SMILES string of the molecule is O=C(Nc1cccc(F)c1C(=O)O)c1cc(Br)ccc1Br. The number of hydrogen-bond donors (Lipinski definition) is 2. The lowest BCUT2D eigenvalue weighted by Crippen LogP contribution is -2.16. The summed E-state index contributed by atoms with van der Waals surface area (Å²) in [5.74, 6) is -2.90. The summed E-state index contributed by atoms with van der Waals surface area (Å²) in [6, 6.07) is 8.66. The van der Waals surface area contributed by atoms with Gasteiger partial charge in [-0.2, -0.15) is 0 Å². The minimum absolute atomic E-state index is 0.0978. The van der Waals surface area contributed by atoms with Crippen LogP contribution in [0.1, 0.15) is 20.7 Å². The maximum absolute atomic E-state index is 13.5. The number of halogens is 3. The molecule has 0 aliphatic rings. The first-order valence-corrected chi connectivity index (χ1v) is 7.27. The summed E-state index contributed by atoms with van der Waals surface area (Å²) >= 11 is 6.48. The number of carbonyl (C=O) groups excluding carboxylic acids is 1. The molecule has 0 bridgehead atoms. The van der Waals surface area contributed by atoms with E-state index < -0.39 is 23.3 Å². The molecule has 0 aliphatic carbocycles. The van der Waals surface area contributed by atoms with Gasteiger partial charge in [-0.1, -0.05) is 22.0 Å². The van der Waals surface area contributed by atoms with Crippen LogP contribution in [0.25, 0.3) is 0 Å². The molecule has 4 nitrogen and oxygen atoms in total. The standard InChI is InChI=1S/C14H8Br2FNO3/c15-7-4-5-9(16)8(6-7)13(19)18-11-3-1-2-10(17)12(11)14(20)21/h1-6H,(H,18,19)(H,20,21). The molecule has 0 spiro atoms. The van der Waals surface area contributed by atoms with Crippen LogP contribution >= 0.6 is 31.9 Å². The van der Waals surface area contributed by atoms with E-state index in [4.69, 9.17) is 5.11 Å². The van der Waals surface area contributed by atoms with Gasteiger partial charge >= 0.3 is 5.97 Å². The predicted molar refractivity (Wildman–Crippen MR) is 83.2 cm³/mol. The van der Waals surface area contributed by atoms with Crippen LogP contribution in [0.15, 0.2) is 45.3 Å². The molecule has 2 N–H and O–H groups in total. The predicted octanol–water partition coefficient (Wildman–Crippen LogP) is 4.30. The largest absolute Gasteiger partial charge is 0.478 e. The van der Waals surface area contributed by atoms with Crippen LogP contribution in [0.4, 0.5) is 10.1 Å². The topological polar surface area (TPSA) is 66.4 Å². The Hall–Kier alpha value is -1.73. The zero-order valence-corrected chi connectivity index (χ0v) is 13.5. The zero-order valence-electron chi connectivity index (χ0n) is 10.4. The van der Waals surface area contributed by atoms with Crippen molar-refractivity contribution in [3.63, 3.8) is 0 Å². The van der Waals surface area contributed by atoms with E-state index in [9.17, 15) is 14.0 Å². The summed E-state index contributed by atoms with van der Waals surface area (Å²) in [6.07, 6.45) is 0. The van der Waals surface area contributed by atoms with Crippen molar-refractivity contribution in [3.05, 3.63) is 62.3 Å². The molecule has 108 valence electrons. The third-order valence-corrected chi connectivity index (χ3v) is 3.83. The number of benzene rings is 2. The third-order valence-electron chi connectivity index (χ3n) is 2.65. The molecular formula is C14H8Br2FNO3. The first-order chi connectivity index (χ1) is 9.90. The van der Waals surface area contributed by atoms with Crippen LogP contribution < -0.4 is 5.32 Å². The summed E-state index contributed by atoms with van der Waals surface area (Å²) in [5.41, 5.74) is -0.374. The molecule has 21 heavy (non-hydrogen) atoms. The van der Waals surface area contributed by atoms with Gasteiger partial charge in [0.25, 0.3) is 5.91 Å². The number of rotatable bonds is 3. The van der Waals surface area contributed by atoms with Gasteiger partial charge in [0.05, 0.1) is 11.3 Å². The number of aromatic carboxylic acids is 1. The molecule has 0 aromatic heterocycles. The molecule has 0 radical (unpaired) electrons. The number of amides is 1. The average molecular weight is 417 g/mol. The van der Waals surface area contributed by atoms with E-state index in [0.717, 1.165) is 6.07 Å².